The average Bonchev–Trinajstić information content (AvgIpc) is 3.38. The number of benzene rings is 2. The van der Waals surface area contributed by atoms with E-state index in [1.54, 1.807) is 30.6 Å². The Morgan fingerprint density at radius 2 is 1.97 bits per heavy atom. The Morgan fingerprint density at radius 3 is 2.75 bits per heavy atom. The SMILES string of the molecule is COC(=O)NC(C)CNc1nccc(-c2cn[nH]c2-c2cc(Cl)cc(NCc3ccccc3)c2F)n1. The van der Waals surface area contributed by atoms with Crippen LogP contribution in [-0.2, 0) is 11.3 Å². The molecular formula is C25H25ClFN7O2. The zero-order chi connectivity index (χ0) is 25.5. The topological polar surface area (TPSA) is 117 Å². The van der Waals surface area contributed by atoms with E-state index in [1.807, 2.05) is 37.3 Å². The third kappa shape index (κ3) is 6.08. The predicted molar refractivity (Wildman–Crippen MR) is 137 cm³/mol. The van der Waals surface area contributed by atoms with Crippen molar-refractivity contribution in [3.05, 3.63) is 77.3 Å². The van der Waals surface area contributed by atoms with Crippen LogP contribution in [0.15, 0.2) is 60.9 Å². The summed E-state index contributed by atoms with van der Waals surface area (Å²) in [5.41, 5.74) is 3.09. The summed E-state index contributed by atoms with van der Waals surface area (Å²) >= 11 is 6.35. The smallest absolute Gasteiger partial charge is 0.407 e. The molecule has 11 heteroatoms. The molecule has 4 rings (SSSR count). The lowest BCUT2D eigenvalue weighted by Crippen LogP contribution is -2.37. The number of ether oxygens (including phenoxy) is 1. The van der Waals surface area contributed by atoms with E-state index in [1.165, 1.54) is 7.11 Å². The van der Waals surface area contributed by atoms with E-state index in [0.717, 1.165) is 5.56 Å². The van der Waals surface area contributed by atoms with Crippen LogP contribution in [0.1, 0.15) is 12.5 Å². The molecule has 0 radical (unpaired) electrons. The van der Waals surface area contributed by atoms with Crippen molar-refractivity contribution in [3.8, 4) is 22.5 Å². The molecule has 0 bridgehead atoms. The Labute approximate surface area is 212 Å². The Hall–Kier alpha value is -4.18. The van der Waals surface area contributed by atoms with E-state index >= 15 is 4.39 Å². The number of rotatable bonds is 9. The Balaban J connectivity index is 1.56. The summed E-state index contributed by atoms with van der Waals surface area (Å²) in [5.74, 6) is -0.120. The molecule has 0 fully saturated rings. The van der Waals surface area contributed by atoms with Crippen molar-refractivity contribution < 1.29 is 13.9 Å². The molecule has 36 heavy (non-hydrogen) atoms. The molecule has 2 aromatic carbocycles. The Bertz CT molecular complexity index is 1330. The molecule has 0 aliphatic rings. The molecule has 4 N–H and O–H groups in total. The minimum absolute atomic E-state index is 0.225. The van der Waals surface area contributed by atoms with Gasteiger partial charge in [0.05, 0.1) is 30.4 Å². The highest BCUT2D eigenvalue weighted by Crippen LogP contribution is 2.36. The van der Waals surface area contributed by atoms with Crippen LogP contribution in [0.4, 0.5) is 20.8 Å². The van der Waals surface area contributed by atoms with Crippen LogP contribution >= 0.6 is 11.6 Å². The first-order chi connectivity index (χ1) is 17.4. The summed E-state index contributed by atoms with van der Waals surface area (Å²) in [6.45, 7) is 2.63. The van der Waals surface area contributed by atoms with Gasteiger partial charge in [-0.25, -0.2) is 19.2 Å². The van der Waals surface area contributed by atoms with Crippen molar-refractivity contribution in [1.82, 2.24) is 25.5 Å². The first-order valence-electron chi connectivity index (χ1n) is 11.2. The molecule has 0 spiro atoms. The Kier molecular flexibility index (Phi) is 7.96. The van der Waals surface area contributed by atoms with Gasteiger partial charge in [-0.2, -0.15) is 5.10 Å². The number of hydrogen-bond donors (Lipinski definition) is 4. The standard InChI is InChI=1S/C25H25ClFN7O2/c1-15(32-25(35)36-2)12-30-24-28-9-8-20(33-24)19-14-31-34-23(19)18-10-17(26)11-21(22(18)27)29-13-16-6-4-3-5-7-16/h3-11,14-15,29H,12-13H2,1-2H3,(H,31,34)(H,32,35)(H,28,30,33). The third-order valence-electron chi connectivity index (χ3n) is 5.32. The van der Waals surface area contributed by atoms with Crippen LogP contribution in [0.3, 0.4) is 0 Å². The van der Waals surface area contributed by atoms with Crippen LogP contribution in [0, 0.1) is 5.82 Å². The van der Waals surface area contributed by atoms with Gasteiger partial charge >= 0.3 is 6.09 Å². The predicted octanol–water partition coefficient (Wildman–Crippen LogP) is 5.09. The lowest BCUT2D eigenvalue weighted by atomic mass is 10.0. The maximum absolute atomic E-state index is 15.6. The number of nitrogens with zero attached hydrogens (tertiary/aromatic N) is 3. The fourth-order valence-corrected chi connectivity index (χ4v) is 3.75. The first-order valence-corrected chi connectivity index (χ1v) is 11.5. The largest absolute Gasteiger partial charge is 0.453 e. The van der Waals surface area contributed by atoms with Gasteiger partial charge in [-0.05, 0) is 30.7 Å². The van der Waals surface area contributed by atoms with Crippen molar-refractivity contribution in [3.63, 3.8) is 0 Å². The van der Waals surface area contributed by atoms with E-state index in [0.29, 0.717) is 41.0 Å². The van der Waals surface area contributed by atoms with E-state index in [9.17, 15) is 4.79 Å². The maximum Gasteiger partial charge on any atom is 0.407 e. The second-order valence-corrected chi connectivity index (χ2v) is 8.43. The van der Waals surface area contributed by atoms with Crippen molar-refractivity contribution in [2.75, 3.05) is 24.3 Å². The minimum atomic E-state index is -0.525. The van der Waals surface area contributed by atoms with E-state index in [4.69, 9.17) is 11.6 Å². The molecule has 1 unspecified atom stereocenters. The van der Waals surface area contributed by atoms with Crippen LogP contribution < -0.4 is 16.0 Å². The lowest BCUT2D eigenvalue weighted by molar-refractivity contribution is 0.168. The Morgan fingerprint density at radius 1 is 1.17 bits per heavy atom. The van der Waals surface area contributed by atoms with Gasteiger partial charge in [0.25, 0.3) is 0 Å². The highest BCUT2D eigenvalue weighted by molar-refractivity contribution is 6.31. The van der Waals surface area contributed by atoms with Gasteiger partial charge in [0.1, 0.15) is 0 Å². The summed E-state index contributed by atoms with van der Waals surface area (Å²) in [6.07, 6.45) is 2.63. The second kappa shape index (κ2) is 11.5. The molecular weight excluding hydrogens is 485 g/mol. The van der Waals surface area contributed by atoms with Gasteiger partial charge in [0.2, 0.25) is 5.95 Å². The summed E-state index contributed by atoms with van der Waals surface area (Å²) in [5, 5.41) is 16.2. The number of aromatic nitrogens is 4. The number of carbonyl (C=O) groups excluding carboxylic acids is 1. The number of halogens is 2. The minimum Gasteiger partial charge on any atom is -0.453 e. The van der Waals surface area contributed by atoms with Crippen molar-refractivity contribution in [1.29, 1.82) is 0 Å². The van der Waals surface area contributed by atoms with Gasteiger partial charge in [-0.15, -0.1) is 0 Å². The summed E-state index contributed by atoms with van der Waals surface area (Å²) < 4.78 is 20.2. The van der Waals surface area contributed by atoms with Crippen LogP contribution in [0.25, 0.3) is 22.5 Å². The zero-order valence-electron chi connectivity index (χ0n) is 19.7. The van der Waals surface area contributed by atoms with Gasteiger partial charge in [0, 0.05) is 41.5 Å². The normalized spacial score (nSPS) is 11.6. The van der Waals surface area contributed by atoms with Crippen molar-refractivity contribution >= 4 is 29.3 Å². The number of carbonyl (C=O) groups is 1. The number of anilines is 2. The first kappa shape index (κ1) is 24.9. The van der Waals surface area contributed by atoms with Crippen molar-refractivity contribution in [2.24, 2.45) is 0 Å². The highest BCUT2D eigenvalue weighted by atomic mass is 35.5. The molecule has 2 heterocycles. The van der Waals surface area contributed by atoms with Crippen LogP contribution in [0.2, 0.25) is 5.02 Å². The quantitative estimate of drug-likeness (QED) is 0.248. The number of aromatic amines is 1. The average molecular weight is 510 g/mol. The highest BCUT2D eigenvalue weighted by Gasteiger charge is 2.19. The molecule has 2 aromatic heterocycles. The van der Waals surface area contributed by atoms with Gasteiger partial charge < -0.3 is 20.7 Å². The fraction of sp³-hybridized carbons (Fsp3) is 0.200. The van der Waals surface area contributed by atoms with Gasteiger partial charge in [-0.3, -0.25) is 5.10 Å². The molecule has 1 amide bonds. The number of hydrogen-bond acceptors (Lipinski definition) is 7. The fourth-order valence-electron chi connectivity index (χ4n) is 3.53. The molecule has 0 saturated carbocycles. The lowest BCUT2D eigenvalue weighted by Gasteiger charge is -2.14. The zero-order valence-corrected chi connectivity index (χ0v) is 20.4. The molecule has 1 atom stereocenters. The molecule has 0 saturated heterocycles. The van der Waals surface area contributed by atoms with Crippen LogP contribution in [0.5, 0.6) is 0 Å². The number of alkyl carbamates (subject to hydrolysis) is 1. The maximum atomic E-state index is 15.6. The summed E-state index contributed by atoms with van der Waals surface area (Å²) in [7, 11) is 1.30. The van der Waals surface area contributed by atoms with Crippen molar-refractivity contribution in [2.45, 2.75) is 19.5 Å². The molecule has 186 valence electrons. The summed E-state index contributed by atoms with van der Waals surface area (Å²) in [4.78, 5) is 20.1. The second-order valence-electron chi connectivity index (χ2n) is 8.00. The van der Waals surface area contributed by atoms with Gasteiger partial charge in [0.15, 0.2) is 5.82 Å². The monoisotopic (exact) mass is 509 g/mol. The number of amides is 1. The van der Waals surface area contributed by atoms with Gasteiger partial charge in [-0.1, -0.05) is 41.9 Å². The van der Waals surface area contributed by atoms with E-state index in [-0.39, 0.29) is 17.3 Å². The van der Waals surface area contributed by atoms with Crippen LogP contribution in [-0.4, -0.2) is 46.0 Å². The molecule has 0 aliphatic heterocycles. The van der Waals surface area contributed by atoms with E-state index in [2.05, 4.69) is 40.9 Å². The molecule has 0 aliphatic carbocycles. The molecule has 9 nitrogen and oxygen atoms in total. The third-order valence-corrected chi connectivity index (χ3v) is 5.54. The number of nitrogens with one attached hydrogen (secondary N) is 4. The molecule has 4 aromatic rings. The number of H-pyrrole nitrogens is 1. The summed E-state index contributed by atoms with van der Waals surface area (Å²) in [6, 6.07) is 14.3. The number of methoxy groups -OCH3 is 1. The van der Waals surface area contributed by atoms with E-state index < -0.39 is 11.9 Å².